The number of nitrogens with one attached hydrogen (secondary N) is 1. The van der Waals surface area contributed by atoms with Crippen LogP contribution in [0.4, 0.5) is 0 Å². The fraction of sp³-hybridized carbons (Fsp3) is 0.294. The number of nitrogens with zero attached hydrogens (tertiary/aromatic N) is 2. The highest BCUT2D eigenvalue weighted by molar-refractivity contribution is 8.00. The Hall–Kier alpha value is -1.61. The van der Waals surface area contributed by atoms with Crippen molar-refractivity contribution in [1.29, 1.82) is 0 Å². The van der Waals surface area contributed by atoms with Crippen LogP contribution in [0.1, 0.15) is 12.5 Å². The Bertz CT molecular complexity index is 871. The SMILES string of the molecule is C[C@@H](Sc1ccc(S(=O)(=O)N(C)C)cn1)C(=O)NCc1ccccc1Cl. The lowest BCUT2D eigenvalue weighted by Crippen LogP contribution is -2.30. The van der Waals surface area contributed by atoms with Crippen molar-refractivity contribution >= 4 is 39.3 Å². The van der Waals surface area contributed by atoms with Gasteiger partial charge >= 0.3 is 0 Å². The summed E-state index contributed by atoms with van der Waals surface area (Å²) in [5.74, 6) is -0.151. The number of carbonyl (C=O) groups is 1. The third-order valence-electron chi connectivity index (χ3n) is 3.57. The molecule has 6 nitrogen and oxygen atoms in total. The van der Waals surface area contributed by atoms with Crippen molar-refractivity contribution in [2.75, 3.05) is 14.1 Å². The summed E-state index contributed by atoms with van der Waals surface area (Å²) in [5, 5.41) is 3.62. The van der Waals surface area contributed by atoms with Crippen LogP contribution in [0.3, 0.4) is 0 Å². The van der Waals surface area contributed by atoms with Crippen LogP contribution >= 0.6 is 23.4 Å². The predicted octanol–water partition coefficient (Wildman–Crippen LogP) is 2.78. The number of carbonyl (C=O) groups excluding carboxylic acids is 1. The molecule has 26 heavy (non-hydrogen) atoms. The molecule has 0 bridgehead atoms. The summed E-state index contributed by atoms with van der Waals surface area (Å²) in [5.41, 5.74) is 0.844. The molecule has 1 amide bonds. The van der Waals surface area contributed by atoms with Gasteiger partial charge in [0.15, 0.2) is 0 Å². The van der Waals surface area contributed by atoms with E-state index >= 15 is 0 Å². The Kier molecular flexibility index (Phi) is 7.05. The Morgan fingerprint density at radius 3 is 2.54 bits per heavy atom. The fourth-order valence-corrected chi connectivity index (χ4v) is 3.87. The number of aromatic nitrogens is 1. The van der Waals surface area contributed by atoms with Crippen molar-refractivity contribution in [2.24, 2.45) is 0 Å². The van der Waals surface area contributed by atoms with E-state index in [0.717, 1.165) is 9.87 Å². The minimum Gasteiger partial charge on any atom is -0.351 e. The number of thioether (sulfide) groups is 1. The number of halogens is 1. The quantitative estimate of drug-likeness (QED) is 0.706. The van der Waals surface area contributed by atoms with Crippen LogP contribution in [0.2, 0.25) is 5.02 Å². The maximum Gasteiger partial charge on any atom is 0.244 e. The molecule has 1 atom stereocenters. The number of pyridine rings is 1. The van der Waals surface area contributed by atoms with E-state index in [0.29, 0.717) is 16.6 Å². The lowest BCUT2D eigenvalue weighted by atomic mass is 10.2. The summed E-state index contributed by atoms with van der Waals surface area (Å²) in [6, 6.07) is 10.4. The average Bonchev–Trinajstić information content (AvgIpc) is 2.61. The zero-order chi connectivity index (χ0) is 19.3. The number of sulfonamides is 1. The van der Waals surface area contributed by atoms with Crippen LogP contribution in [-0.2, 0) is 21.4 Å². The van der Waals surface area contributed by atoms with E-state index < -0.39 is 10.0 Å². The van der Waals surface area contributed by atoms with E-state index in [4.69, 9.17) is 11.6 Å². The molecule has 0 saturated heterocycles. The molecule has 0 aliphatic heterocycles. The first-order valence-electron chi connectivity index (χ1n) is 7.78. The zero-order valence-corrected chi connectivity index (χ0v) is 17.0. The van der Waals surface area contributed by atoms with Gasteiger partial charge in [-0.1, -0.05) is 41.6 Å². The van der Waals surface area contributed by atoms with E-state index in [-0.39, 0.29) is 16.1 Å². The topological polar surface area (TPSA) is 79.4 Å². The first kappa shape index (κ1) is 20.7. The molecule has 0 fully saturated rings. The second-order valence-electron chi connectivity index (χ2n) is 5.69. The summed E-state index contributed by atoms with van der Waals surface area (Å²) >= 11 is 7.33. The lowest BCUT2D eigenvalue weighted by molar-refractivity contribution is -0.120. The maximum absolute atomic E-state index is 12.2. The number of amides is 1. The maximum atomic E-state index is 12.2. The van der Waals surface area contributed by atoms with Crippen molar-refractivity contribution < 1.29 is 13.2 Å². The minimum atomic E-state index is -3.51. The van der Waals surface area contributed by atoms with Crippen molar-refractivity contribution in [2.45, 2.75) is 28.6 Å². The van der Waals surface area contributed by atoms with Crippen LogP contribution in [0, 0.1) is 0 Å². The van der Waals surface area contributed by atoms with Gasteiger partial charge in [-0.2, -0.15) is 0 Å². The largest absolute Gasteiger partial charge is 0.351 e. The third-order valence-corrected chi connectivity index (χ3v) is 6.78. The van der Waals surface area contributed by atoms with Crippen molar-refractivity contribution in [3.63, 3.8) is 0 Å². The van der Waals surface area contributed by atoms with Gasteiger partial charge in [0.05, 0.1) is 10.3 Å². The standard InChI is InChI=1S/C17H20ClN3O3S2/c1-12(17(22)20-10-13-6-4-5-7-15(13)18)25-16-9-8-14(11-19-16)26(23,24)21(2)3/h4-9,11-12H,10H2,1-3H3,(H,20,22)/t12-/m1/s1. The summed E-state index contributed by atoms with van der Waals surface area (Å²) in [6.45, 7) is 2.11. The van der Waals surface area contributed by atoms with Crippen LogP contribution in [0.15, 0.2) is 52.5 Å². The van der Waals surface area contributed by atoms with E-state index in [1.807, 2.05) is 18.2 Å². The van der Waals surface area contributed by atoms with Gasteiger partial charge in [0.2, 0.25) is 15.9 Å². The molecule has 1 aromatic carbocycles. The molecule has 0 unspecified atom stereocenters. The van der Waals surface area contributed by atoms with E-state index in [1.54, 1.807) is 19.1 Å². The van der Waals surface area contributed by atoms with Gasteiger partial charge in [-0.3, -0.25) is 4.79 Å². The Labute approximate surface area is 163 Å². The van der Waals surface area contributed by atoms with E-state index in [9.17, 15) is 13.2 Å². The molecule has 0 radical (unpaired) electrons. The fourth-order valence-electron chi connectivity index (χ4n) is 2.00. The van der Waals surface area contributed by atoms with Crippen molar-refractivity contribution in [3.8, 4) is 0 Å². The normalized spacial score (nSPS) is 12.8. The average molecular weight is 414 g/mol. The molecular formula is C17H20ClN3O3S2. The van der Waals surface area contributed by atoms with Gasteiger partial charge < -0.3 is 5.32 Å². The van der Waals surface area contributed by atoms with Crippen LogP contribution in [0.25, 0.3) is 0 Å². The first-order valence-corrected chi connectivity index (χ1v) is 10.5. The van der Waals surface area contributed by atoms with Crippen LogP contribution in [-0.4, -0.2) is 43.0 Å². The second kappa shape index (κ2) is 8.85. The summed E-state index contributed by atoms with van der Waals surface area (Å²) in [7, 11) is -0.589. The molecule has 0 saturated carbocycles. The molecule has 0 aliphatic carbocycles. The number of rotatable bonds is 7. The molecule has 1 aromatic heterocycles. The third kappa shape index (κ3) is 5.20. The van der Waals surface area contributed by atoms with Crippen LogP contribution in [0.5, 0.6) is 0 Å². The molecular weight excluding hydrogens is 394 g/mol. The minimum absolute atomic E-state index is 0.114. The van der Waals surface area contributed by atoms with Gasteiger partial charge in [-0.05, 0) is 30.7 Å². The van der Waals surface area contributed by atoms with E-state index in [1.165, 1.54) is 38.1 Å². The highest BCUT2D eigenvalue weighted by Gasteiger charge is 2.19. The van der Waals surface area contributed by atoms with Crippen molar-refractivity contribution in [3.05, 3.63) is 53.2 Å². The summed E-state index contributed by atoms with van der Waals surface area (Å²) in [6.07, 6.45) is 1.30. The molecule has 140 valence electrons. The second-order valence-corrected chi connectivity index (χ2v) is 9.61. The van der Waals surface area contributed by atoms with Crippen molar-refractivity contribution in [1.82, 2.24) is 14.6 Å². The van der Waals surface area contributed by atoms with Gasteiger partial charge in [-0.15, -0.1) is 0 Å². The number of hydrogen-bond acceptors (Lipinski definition) is 5. The zero-order valence-electron chi connectivity index (χ0n) is 14.6. The predicted molar refractivity (Wildman–Crippen MR) is 104 cm³/mol. The van der Waals surface area contributed by atoms with Gasteiger partial charge in [0, 0.05) is 31.9 Å². The van der Waals surface area contributed by atoms with Gasteiger partial charge in [0.25, 0.3) is 0 Å². The Balaban J connectivity index is 1.95. The molecule has 1 heterocycles. The smallest absolute Gasteiger partial charge is 0.244 e. The first-order chi connectivity index (χ1) is 12.2. The molecule has 2 rings (SSSR count). The number of hydrogen-bond donors (Lipinski definition) is 1. The molecule has 0 spiro atoms. The molecule has 2 aromatic rings. The lowest BCUT2D eigenvalue weighted by Gasteiger charge is -2.13. The summed E-state index contributed by atoms with van der Waals surface area (Å²) < 4.78 is 25.2. The summed E-state index contributed by atoms with van der Waals surface area (Å²) in [4.78, 5) is 16.5. The molecule has 9 heteroatoms. The Morgan fingerprint density at radius 2 is 1.96 bits per heavy atom. The highest BCUT2D eigenvalue weighted by Crippen LogP contribution is 2.23. The molecule has 0 aliphatic rings. The van der Waals surface area contributed by atoms with Crippen LogP contribution < -0.4 is 5.32 Å². The monoisotopic (exact) mass is 413 g/mol. The van der Waals surface area contributed by atoms with E-state index in [2.05, 4.69) is 10.3 Å². The number of benzene rings is 1. The molecule has 1 N–H and O–H groups in total. The Morgan fingerprint density at radius 1 is 1.27 bits per heavy atom. The van der Waals surface area contributed by atoms with Gasteiger partial charge in [0.1, 0.15) is 4.90 Å². The van der Waals surface area contributed by atoms with Gasteiger partial charge in [-0.25, -0.2) is 17.7 Å². The highest BCUT2D eigenvalue weighted by atomic mass is 35.5.